The first-order valence-corrected chi connectivity index (χ1v) is 5.42. The average Bonchev–Trinajstić information content (AvgIpc) is 2.50. The quantitative estimate of drug-likeness (QED) is 0.776. The first-order chi connectivity index (χ1) is 6.97. The van der Waals surface area contributed by atoms with Gasteiger partial charge in [-0.15, -0.1) is 0 Å². The van der Waals surface area contributed by atoms with E-state index in [1.54, 1.807) is 6.20 Å². The van der Waals surface area contributed by atoms with Crippen LogP contribution in [0.5, 0.6) is 0 Å². The molecule has 0 aliphatic heterocycles. The van der Waals surface area contributed by atoms with Crippen molar-refractivity contribution in [2.45, 2.75) is 32.7 Å². The number of hydrogen-bond donors (Lipinski definition) is 2. The van der Waals surface area contributed by atoms with Crippen LogP contribution in [0, 0.1) is 5.92 Å². The molecule has 1 heterocycles. The number of nitrogens with two attached hydrogens (primary N) is 1. The lowest BCUT2D eigenvalue weighted by molar-refractivity contribution is 0.403. The largest absolute Gasteiger partial charge is 0.349 e. The molecular formula is C11H22N4. The van der Waals surface area contributed by atoms with Gasteiger partial charge in [0, 0.05) is 31.5 Å². The van der Waals surface area contributed by atoms with E-state index in [0.29, 0.717) is 12.5 Å². The van der Waals surface area contributed by atoms with E-state index in [2.05, 4.69) is 31.1 Å². The number of rotatable bonds is 5. The standard InChI is InChI=1S/C11H22N4/c1-9(2)7-11(3,8-12)14-10-13-5-6-15(10)4/h5-6,9H,7-8,12H2,1-4H3,(H,13,14). The normalized spacial score (nSPS) is 15.3. The van der Waals surface area contributed by atoms with E-state index >= 15 is 0 Å². The van der Waals surface area contributed by atoms with Crippen LogP contribution in [-0.4, -0.2) is 21.6 Å². The summed E-state index contributed by atoms with van der Waals surface area (Å²) >= 11 is 0. The van der Waals surface area contributed by atoms with E-state index in [0.717, 1.165) is 12.4 Å². The van der Waals surface area contributed by atoms with Crippen LogP contribution in [0.3, 0.4) is 0 Å². The Labute approximate surface area is 91.9 Å². The minimum atomic E-state index is -0.0761. The van der Waals surface area contributed by atoms with Crippen LogP contribution >= 0.6 is 0 Å². The highest BCUT2D eigenvalue weighted by Gasteiger charge is 2.24. The van der Waals surface area contributed by atoms with Crippen molar-refractivity contribution < 1.29 is 0 Å². The third-order valence-electron chi connectivity index (χ3n) is 2.54. The summed E-state index contributed by atoms with van der Waals surface area (Å²) in [7, 11) is 1.97. The zero-order chi connectivity index (χ0) is 11.5. The minimum absolute atomic E-state index is 0.0761. The third kappa shape index (κ3) is 3.23. The minimum Gasteiger partial charge on any atom is -0.349 e. The third-order valence-corrected chi connectivity index (χ3v) is 2.54. The highest BCUT2D eigenvalue weighted by Crippen LogP contribution is 2.20. The van der Waals surface area contributed by atoms with E-state index in [9.17, 15) is 0 Å². The number of aryl methyl sites for hydroxylation is 1. The van der Waals surface area contributed by atoms with Gasteiger partial charge in [0.1, 0.15) is 0 Å². The Morgan fingerprint density at radius 3 is 2.67 bits per heavy atom. The second kappa shape index (κ2) is 4.66. The Kier molecular flexibility index (Phi) is 3.74. The van der Waals surface area contributed by atoms with Gasteiger partial charge in [-0.2, -0.15) is 0 Å². The molecule has 0 saturated heterocycles. The van der Waals surface area contributed by atoms with E-state index < -0.39 is 0 Å². The second-order valence-electron chi connectivity index (χ2n) is 4.85. The van der Waals surface area contributed by atoms with Crippen molar-refractivity contribution in [2.75, 3.05) is 11.9 Å². The zero-order valence-electron chi connectivity index (χ0n) is 10.1. The number of nitrogens with zero attached hydrogens (tertiary/aromatic N) is 2. The number of anilines is 1. The molecule has 0 saturated carbocycles. The lowest BCUT2D eigenvalue weighted by atomic mass is 9.91. The molecule has 1 aromatic heterocycles. The predicted molar refractivity (Wildman–Crippen MR) is 63.7 cm³/mol. The van der Waals surface area contributed by atoms with E-state index in [1.807, 2.05) is 17.8 Å². The molecule has 4 heteroatoms. The molecule has 0 radical (unpaired) electrons. The van der Waals surface area contributed by atoms with Gasteiger partial charge >= 0.3 is 0 Å². The first kappa shape index (κ1) is 12.0. The molecule has 1 atom stereocenters. The molecule has 0 bridgehead atoms. The average molecular weight is 210 g/mol. The highest BCUT2D eigenvalue weighted by atomic mass is 15.2. The van der Waals surface area contributed by atoms with Crippen LogP contribution in [-0.2, 0) is 7.05 Å². The highest BCUT2D eigenvalue weighted by molar-refractivity contribution is 5.30. The lowest BCUT2D eigenvalue weighted by Gasteiger charge is -2.31. The number of hydrogen-bond acceptors (Lipinski definition) is 3. The van der Waals surface area contributed by atoms with Gasteiger partial charge in [-0.05, 0) is 19.3 Å². The fourth-order valence-electron chi connectivity index (χ4n) is 1.84. The van der Waals surface area contributed by atoms with Crippen molar-refractivity contribution in [2.24, 2.45) is 18.7 Å². The van der Waals surface area contributed by atoms with Gasteiger partial charge < -0.3 is 15.6 Å². The van der Waals surface area contributed by atoms with Crippen molar-refractivity contribution in [1.82, 2.24) is 9.55 Å². The molecule has 1 aromatic rings. The van der Waals surface area contributed by atoms with Crippen molar-refractivity contribution in [3.05, 3.63) is 12.4 Å². The zero-order valence-corrected chi connectivity index (χ0v) is 10.1. The Hall–Kier alpha value is -1.03. The van der Waals surface area contributed by atoms with Gasteiger partial charge in [0.15, 0.2) is 0 Å². The van der Waals surface area contributed by atoms with Crippen molar-refractivity contribution in [3.63, 3.8) is 0 Å². The molecule has 1 rings (SSSR count). The van der Waals surface area contributed by atoms with Crippen LogP contribution in [0.1, 0.15) is 27.2 Å². The summed E-state index contributed by atoms with van der Waals surface area (Å²) in [6.45, 7) is 7.15. The summed E-state index contributed by atoms with van der Waals surface area (Å²) in [5.74, 6) is 1.50. The van der Waals surface area contributed by atoms with Crippen molar-refractivity contribution in [3.8, 4) is 0 Å². The van der Waals surface area contributed by atoms with Gasteiger partial charge in [-0.25, -0.2) is 4.98 Å². The van der Waals surface area contributed by atoms with E-state index in [-0.39, 0.29) is 5.54 Å². The Morgan fingerprint density at radius 1 is 1.60 bits per heavy atom. The van der Waals surface area contributed by atoms with Gasteiger partial charge in [-0.1, -0.05) is 13.8 Å². The molecule has 3 N–H and O–H groups in total. The molecule has 15 heavy (non-hydrogen) atoms. The summed E-state index contributed by atoms with van der Waals surface area (Å²) in [5, 5.41) is 3.41. The SMILES string of the molecule is CC(C)CC(C)(CN)Nc1nccn1C. The van der Waals surface area contributed by atoms with E-state index in [4.69, 9.17) is 5.73 Å². The maximum atomic E-state index is 5.82. The number of imidazole rings is 1. The van der Waals surface area contributed by atoms with Crippen LogP contribution in [0.25, 0.3) is 0 Å². The molecule has 0 aliphatic rings. The van der Waals surface area contributed by atoms with Gasteiger partial charge in [0.05, 0.1) is 0 Å². The summed E-state index contributed by atoms with van der Waals surface area (Å²) in [5.41, 5.74) is 5.75. The molecule has 0 spiro atoms. The predicted octanol–water partition coefficient (Wildman–Crippen LogP) is 1.60. The monoisotopic (exact) mass is 210 g/mol. The summed E-state index contributed by atoms with van der Waals surface area (Å²) in [6, 6.07) is 0. The van der Waals surface area contributed by atoms with Crippen LogP contribution in [0.2, 0.25) is 0 Å². The van der Waals surface area contributed by atoms with Crippen LogP contribution < -0.4 is 11.1 Å². The van der Waals surface area contributed by atoms with Gasteiger partial charge in [-0.3, -0.25) is 0 Å². The Morgan fingerprint density at radius 2 is 2.27 bits per heavy atom. The Balaban J connectivity index is 2.72. The summed E-state index contributed by atoms with van der Waals surface area (Å²) in [4.78, 5) is 4.25. The Bertz CT molecular complexity index is 305. The summed E-state index contributed by atoms with van der Waals surface area (Å²) in [6.07, 6.45) is 4.75. The molecule has 86 valence electrons. The van der Waals surface area contributed by atoms with E-state index in [1.165, 1.54) is 0 Å². The maximum absolute atomic E-state index is 5.82. The topological polar surface area (TPSA) is 55.9 Å². The molecule has 0 fully saturated rings. The smallest absolute Gasteiger partial charge is 0.202 e. The summed E-state index contributed by atoms with van der Waals surface area (Å²) < 4.78 is 1.97. The van der Waals surface area contributed by atoms with Gasteiger partial charge in [0.2, 0.25) is 5.95 Å². The van der Waals surface area contributed by atoms with Crippen molar-refractivity contribution >= 4 is 5.95 Å². The molecule has 0 amide bonds. The first-order valence-electron chi connectivity index (χ1n) is 5.42. The maximum Gasteiger partial charge on any atom is 0.202 e. The number of aromatic nitrogens is 2. The van der Waals surface area contributed by atoms with Gasteiger partial charge in [0.25, 0.3) is 0 Å². The fourth-order valence-corrected chi connectivity index (χ4v) is 1.84. The molecule has 1 unspecified atom stereocenters. The number of nitrogens with one attached hydrogen (secondary N) is 1. The van der Waals surface area contributed by atoms with Crippen LogP contribution in [0.4, 0.5) is 5.95 Å². The lowest BCUT2D eigenvalue weighted by Crippen LogP contribution is -2.44. The fraction of sp³-hybridized carbons (Fsp3) is 0.727. The molecular weight excluding hydrogens is 188 g/mol. The molecule has 0 aliphatic carbocycles. The molecule has 4 nitrogen and oxygen atoms in total. The van der Waals surface area contributed by atoms with Crippen LogP contribution in [0.15, 0.2) is 12.4 Å². The second-order valence-corrected chi connectivity index (χ2v) is 4.85. The molecule has 0 aromatic carbocycles. The van der Waals surface area contributed by atoms with Crippen molar-refractivity contribution in [1.29, 1.82) is 0 Å².